The lowest BCUT2D eigenvalue weighted by atomic mass is 9.92. The molecule has 0 spiro atoms. The van der Waals surface area contributed by atoms with Crippen LogP contribution in [0.3, 0.4) is 0 Å². The summed E-state index contributed by atoms with van der Waals surface area (Å²) in [7, 11) is 1.52. The Morgan fingerprint density at radius 3 is 2.55 bits per heavy atom. The van der Waals surface area contributed by atoms with Gasteiger partial charge in [0.2, 0.25) is 11.8 Å². The zero-order valence-corrected chi connectivity index (χ0v) is 13.2. The van der Waals surface area contributed by atoms with Crippen molar-refractivity contribution >= 4 is 33.4 Å². The van der Waals surface area contributed by atoms with Crippen molar-refractivity contribution in [2.45, 2.75) is 20.3 Å². The van der Waals surface area contributed by atoms with E-state index in [1.54, 1.807) is 32.0 Å². The summed E-state index contributed by atoms with van der Waals surface area (Å²) in [5.74, 6) is 0.135. The summed E-state index contributed by atoms with van der Waals surface area (Å²) in [6, 6.07) is 5.12. The van der Waals surface area contributed by atoms with Crippen LogP contribution in [0.2, 0.25) is 0 Å². The number of carbonyl (C=O) groups excluding carboxylic acids is 2. The molecule has 1 aliphatic heterocycles. The number of hydrogen-bond acceptors (Lipinski definition) is 4. The average molecular weight is 342 g/mol. The summed E-state index contributed by atoms with van der Waals surface area (Å²) in [5, 5.41) is 0. The van der Waals surface area contributed by atoms with E-state index in [-0.39, 0.29) is 25.0 Å². The average Bonchev–Trinajstić information content (AvgIpc) is 2.55. The third-order valence-electron chi connectivity index (χ3n) is 3.08. The van der Waals surface area contributed by atoms with Crippen LogP contribution < -0.4 is 9.64 Å². The molecule has 20 heavy (non-hydrogen) atoms. The summed E-state index contributed by atoms with van der Waals surface area (Å²) in [6.07, 6.45) is 0.215. The van der Waals surface area contributed by atoms with Crippen molar-refractivity contribution in [2.75, 3.05) is 18.8 Å². The number of halogens is 1. The molecule has 5 nitrogen and oxygen atoms in total. The van der Waals surface area contributed by atoms with Crippen molar-refractivity contribution in [3.05, 3.63) is 22.7 Å². The monoisotopic (exact) mass is 341 g/mol. The van der Waals surface area contributed by atoms with Gasteiger partial charge in [0.05, 0.1) is 11.1 Å². The van der Waals surface area contributed by atoms with E-state index in [2.05, 4.69) is 15.9 Å². The Kier molecular flexibility index (Phi) is 4.15. The molecule has 108 valence electrons. The number of hydrogen-bond donors (Lipinski definition) is 0. The largest absolute Gasteiger partial charge is 0.467 e. The highest BCUT2D eigenvalue weighted by molar-refractivity contribution is 9.10. The summed E-state index contributed by atoms with van der Waals surface area (Å²) >= 11 is 3.35. The van der Waals surface area contributed by atoms with Crippen LogP contribution in [-0.4, -0.2) is 25.7 Å². The number of nitrogens with zero attached hydrogens (tertiary/aromatic N) is 1. The first-order chi connectivity index (χ1) is 9.35. The topological polar surface area (TPSA) is 55.8 Å². The zero-order valence-electron chi connectivity index (χ0n) is 11.6. The highest BCUT2D eigenvalue weighted by Crippen LogP contribution is 2.37. The van der Waals surface area contributed by atoms with E-state index < -0.39 is 5.41 Å². The number of rotatable bonds is 4. The van der Waals surface area contributed by atoms with E-state index in [4.69, 9.17) is 9.47 Å². The van der Waals surface area contributed by atoms with Gasteiger partial charge in [-0.3, -0.25) is 9.59 Å². The number of imide groups is 1. The number of benzene rings is 1. The quantitative estimate of drug-likeness (QED) is 0.624. The van der Waals surface area contributed by atoms with Crippen LogP contribution in [0.4, 0.5) is 5.69 Å². The summed E-state index contributed by atoms with van der Waals surface area (Å²) < 4.78 is 10.9. The molecule has 0 N–H and O–H groups in total. The molecule has 1 aliphatic rings. The normalized spacial score (nSPS) is 17.7. The van der Waals surface area contributed by atoms with Gasteiger partial charge in [0.25, 0.3) is 0 Å². The lowest BCUT2D eigenvalue weighted by molar-refractivity contribution is -0.124. The third kappa shape index (κ3) is 2.86. The second-order valence-electron chi connectivity index (χ2n) is 5.29. The number of anilines is 1. The molecule has 1 heterocycles. The Morgan fingerprint density at radius 2 is 2.00 bits per heavy atom. The van der Waals surface area contributed by atoms with Crippen molar-refractivity contribution in [3.63, 3.8) is 0 Å². The van der Waals surface area contributed by atoms with Crippen LogP contribution in [-0.2, 0) is 14.3 Å². The minimum atomic E-state index is -0.660. The van der Waals surface area contributed by atoms with Crippen molar-refractivity contribution < 1.29 is 19.1 Å². The van der Waals surface area contributed by atoms with Crippen LogP contribution in [0.25, 0.3) is 0 Å². The van der Waals surface area contributed by atoms with Crippen LogP contribution in [0.1, 0.15) is 20.3 Å². The number of carbonyl (C=O) groups is 2. The first-order valence-corrected chi connectivity index (χ1v) is 6.94. The van der Waals surface area contributed by atoms with Gasteiger partial charge >= 0.3 is 0 Å². The Labute approximate surface area is 126 Å². The van der Waals surface area contributed by atoms with Gasteiger partial charge in [-0.2, -0.15) is 0 Å². The molecule has 2 amide bonds. The molecule has 0 aromatic heterocycles. The lowest BCUT2D eigenvalue weighted by Crippen LogP contribution is -2.32. The predicted molar refractivity (Wildman–Crippen MR) is 77.5 cm³/mol. The van der Waals surface area contributed by atoms with Gasteiger partial charge in [-0.25, -0.2) is 4.90 Å². The van der Waals surface area contributed by atoms with Gasteiger partial charge in [0.1, 0.15) is 5.75 Å². The van der Waals surface area contributed by atoms with E-state index >= 15 is 0 Å². The maximum atomic E-state index is 12.3. The molecule has 0 unspecified atom stereocenters. The second-order valence-corrected chi connectivity index (χ2v) is 6.21. The maximum absolute atomic E-state index is 12.3. The first-order valence-electron chi connectivity index (χ1n) is 6.15. The van der Waals surface area contributed by atoms with Crippen LogP contribution in [0.5, 0.6) is 5.75 Å². The van der Waals surface area contributed by atoms with E-state index in [9.17, 15) is 9.59 Å². The minimum absolute atomic E-state index is 0.100. The molecule has 0 radical (unpaired) electrons. The van der Waals surface area contributed by atoms with Gasteiger partial charge in [0, 0.05) is 24.1 Å². The molecular weight excluding hydrogens is 326 g/mol. The summed E-state index contributed by atoms with van der Waals surface area (Å²) in [4.78, 5) is 25.6. The van der Waals surface area contributed by atoms with Gasteiger partial charge in [-0.1, -0.05) is 29.8 Å². The van der Waals surface area contributed by atoms with E-state index in [0.717, 1.165) is 4.47 Å². The maximum Gasteiger partial charge on any atom is 0.239 e. The molecule has 6 heteroatoms. The first kappa shape index (κ1) is 15.0. The van der Waals surface area contributed by atoms with Crippen LogP contribution in [0.15, 0.2) is 22.7 Å². The lowest BCUT2D eigenvalue weighted by Gasteiger charge is -2.19. The van der Waals surface area contributed by atoms with Crippen molar-refractivity contribution in [1.82, 2.24) is 0 Å². The van der Waals surface area contributed by atoms with Gasteiger partial charge < -0.3 is 9.47 Å². The SMILES string of the molecule is COCOc1cc(Br)cc(N2C(=O)CC(C)(C)C2=O)c1. The highest BCUT2D eigenvalue weighted by Gasteiger charge is 2.45. The summed E-state index contributed by atoms with van der Waals surface area (Å²) in [6.45, 7) is 3.64. The van der Waals surface area contributed by atoms with E-state index in [0.29, 0.717) is 11.4 Å². The van der Waals surface area contributed by atoms with Crippen LogP contribution in [0, 0.1) is 5.41 Å². The Hall–Kier alpha value is -1.40. The van der Waals surface area contributed by atoms with Crippen molar-refractivity contribution in [1.29, 1.82) is 0 Å². The molecule has 0 bridgehead atoms. The highest BCUT2D eigenvalue weighted by atomic mass is 79.9. The fraction of sp³-hybridized carbons (Fsp3) is 0.429. The molecular formula is C14H16BrNO4. The molecule has 0 aliphatic carbocycles. The fourth-order valence-electron chi connectivity index (χ4n) is 2.10. The van der Waals surface area contributed by atoms with Gasteiger partial charge in [-0.15, -0.1) is 0 Å². The van der Waals surface area contributed by atoms with Crippen molar-refractivity contribution in [3.8, 4) is 5.75 Å². The molecule has 1 aromatic rings. The van der Waals surface area contributed by atoms with Crippen molar-refractivity contribution in [2.24, 2.45) is 5.41 Å². The summed E-state index contributed by atoms with van der Waals surface area (Å²) in [5.41, 5.74) is -0.154. The Bertz CT molecular complexity index is 556. The Balaban J connectivity index is 2.35. The van der Waals surface area contributed by atoms with E-state index in [1.165, 1.54) is 12.0 Å². The molecule has 0 atom stereocenters. The standard InChI is InChI=1S/C14H16BrNO4/c1-14(2)7-12(17)16(13(14)18)10-4-9(15)5-11(6-10)20-8-19-3/h4-6H,7-8H2,1-3H3. The molecule has 1 saturated heterocycles. The number of amides is 2. The molecule has 1 fully saturated rings. The number of ether oxygens (including phenoxy) is 2. The van der Waals surface area contributed by atoms with Crippen LogP contribution >= 0.6 is 15.9 Å². The molecule has 1 aromatic carbocycles. The predicted octanol–water partition coefficient (Wildman–Crippen LogP) is 2.72. The number of methoxy groups -OCH3 is 1. The molecule has 2 rings (SSSR count). The van der Waals surface area contributed by atoms with E-state index in [1.807, 2.05) is 0 Å². The fourth-order valence-corrected chi connectivity index (χ4v) is 2.56. The smallest absolute Gasteiger partial charge is 0.239 e. The zero-order chi connectivity index (χ0) is 14.9. The second kappa shape index (κ2) is 5.54. The third-order valence-corrected chi connectivity index (χ3v) is 3.54. The molecule has 0 saturated carbocycles. The van der Waals surface area contributed by atoms with Gasteiger partial charge in [0.15, 0.2) is 6.79 Å². The minimum Gasteiger partial charge on any atom is -0.467 e. The Morgan fingerprint density at radius 1 is 1.30 bits per heavy atom. The van der Waals surface area contributed by atoms with Gasteiger partial charge in [-0.05, 0) is 12.1 Å².